The van der Waals surface area contributed by atoms with E-state index in [0.29, 0.717) is 5.69 Å². The molecule has 2 heterocycles. The molecule has 1 unspecified atom stereocenters. The Morgan fingerprint density at radius 3 is 2.95 bits per heavy atom. The van der Waals surface area contributed by atoms with Gasteiger partial charge in [0.05, 0.1) is 29.8 Å². The largest absolute Gasteiger partial charge is 0.374 e. The fourth-order valence-electron chi connectivity index (χ4n) is 1.65. The summed E-state index contributed by atoms with van der Waals surface area (Å²) in [5.74, 6) is -0.826. The van der Waals surface area contributed by atoms with Crippen molar-refractivity contribution in [3.8, 4) is 0 Å². The van der Waals surface area contributed by atoms with Crippen LogP contribution < -0.4 is 11.1 Å². The van der Waals surface area contributed by atoms with Gasteiger partial charge in [-0.15, -0.1) is 0 Å². The summed E-state index contributed by atoms with van der Waals surface area (Å²) in [4.78, 5) is 14.7. The van der Waals surface area contributed by atoms with E-state index in [1.165, 1.54) is 16.9 Å². The highest BCUT2D eigenvalue weighted by atomic mass is 19.1. The molecule has 1 atom stereocenters. The number of hydrogen-bond donors (Lipinski definition) is 2. The van der Waals surface area contributed by atoms with Gasteiger partial charge < -0.3 is 11.1 Å². The van der Waals surface area contributed by atoms with Gasteiger partial charge in [-0.1, -0.05) is 0 Å². The summed E-state index contributed by atoms with van der Waals surface area (Å²) < 4.78 is 14.2. The smallest absolute Gasteiger partial charge is 0.239 e. The van der Waals surface area contributed by atoms with Gasteiger partial charge in [-0.2, -0.15) is 5.10 Å². The van der Waals surface area contributed by atoms with Crippen LogP contribution in [-0.2, 0) is 11.3 Å². The van der Waals surface area contributed by atoms with E-state index in [0.717, 1.165) is 5.69 Å². The fraction of sp³-hybridized carbons (Fsp3) is 0.250. The van der Waals surface area contributed by atoms with Gasteiger partial charge in [0.15, 0.2) is 0 Å². The third-order valence-electron chi connectivity index (χ3n) is 2.53. The van der Waals surface area contributed by atoms with E-state index in [2.05, 4.69) is 15.4 Å². The van der Waals surface area contributed by atoms with Crippen LogP contribution in [0.3, 0.4) is 0 Å². The molecule has 0 aliphatic heterocycles. The minimum Gasteiger partial charge on any atom is -0.374 e. The molecule has 0 aliphatic carbocycles. The molecule has 1 amide bonds. The summed E-state index contributed by atoms with van der Waals surface area (Å²) in [6, 6.07) is 2.87. The van der Waals surface area contributed by atoms with Gasteiger partial charge in [0, 0.05) is 6.20 Å². The van der Waals surface area contributed by atoms with Crippen LogP contribution in [0.1, 0.15) is 18.7 Å². The summed E-state index contributed by atoms with van der Waals surface area (Å²) in [5.41, 5.74) is 6.52. The molecule has 7 heteroatoms. The lowest BCUT2D eigenvalue weighted by Gasteiger charge is -2.12. The van der Waals surface area contributed by atoms with Crippen molar-refractivity contribution >= 4 is 11.6 Å². The van der Waals surface area contributed by atoms with Crippen molar-refractivity contribution in [3.63, 3.8) is 0 Å². The standard InChI is InChI=1S/C12H14FN5O/c1-8(11-3-2-9(13)4-15-11)17-10-5-16-18(6-10)7-12(14)19/h2-6,8,17H,7H2,1H3,(H2,14,19). The molecule has 0 bridgehead atoms. The van der Waals surface area contributed by atoms with E-state index in [-0.39, 0.29) is 18.4 Å². The Hall–Kier alpha value is -2.44. The summed E-state index contributed by atoms with van der Waals surface area (Å²) in [6.45, 7) is 1.93. The fourth-order valence-corrected chi connectivity index (χ4v) is 1.65. The average Bonchev–Trinajstić information content (AvgIpc) is 2.76. The lowest BCUT2D eigenvalue weighted by Crippen LogP contribution is -2.18. The number of aromatic nitrogens is 3. The molecule has 3 N–H and O–H groups in total. The number of nitrogens with zero attached hydrogens (tertiary/aromatic N) is 3. The number of nitrogens with two attached hydrogens (primary N) is 1. The molecule has 2 aromatic rings. The number of hydrogen-bond acceptors (Lipinski definition) is 4. The topological polar surface area (TPSA) is 85.8 Å². The average molecular weight is 263 g/mol. The van der Waals surface area contributed by atoms with Crippen molar-refractivity contribution in [3.05, 3.63) is 42.2 Å². The first kappa shape index (κ1) is 13.0. The van der Waals surface area contributed by atoms with Gasteiger partial charge in [-0.05, 0) is 19.1 Å². The first-order valence-corrected chi connectivity index (χ1v) is 5.73. The van der Waals surface area contributed by atoms with Crippen molar-refractivity contribution in [2.75, 3.05) is 5.32 Å². The van der Waals surface area contributed by atoms with Crippen LogP contribution >= 0.6 is 0 Å². The summed E-state index contributed by atoms with van der Waals surface area (Å²) >= 11 is 0. The zero-order valence-electron chi connectivity index (χ0n) is 10.4. The van der Waals surface area contributed by atoms with E-state index in [1.54, 1.807) is 18.5 Å². The molecule has 6 nitrogen and oxygen atoms in total. The van der Waals surface area contributed by atoms with Gasteiger partial charge in [0.1, 0.15) is 12.4 Å². The van der Waals surface area contributed by atoms with Crippen LogP contribution in [0.25, 0.3) is 0 Å². The predicted octanol–water partition coefficient (Wildman–Crippen LogP) is 1.08. The van der Waals surface area contributed by atoms with Gasteiger partial charge in [-0.25, -0.2) is 4.39 Å². The van der Waals surface area contributed by atoms with Crippen molar-refractivity contribution in [1.82, 2.24) is 14.8 Å². The second kappa shape index (κ2) is 5.47. The Morgan fingerprint density at radius 1 is 1.53 bits per heavy atom. The number of anilines is 1. The number of halogens is 1. The van der Waals surface area contributed by atoms with E-state index in [9.17, 15) is 9.18 Å². The van der Waals surface area contributed by atoms with Gasteiger partial charge >= 0.3 is 0 Å². The molecule has 0 fully saturated rings. The maximum Gasteiger partial charge on any atom is 0.239 e. The predicted molar refractivity (Wildman–Crippen MR) is 67.7 cm³/mol. The summed E-state index contributed by atoms with van der Waals surface area (Å²) in [5, 5.41) is 7.14. The van der Waals surface area contributed by atoms with Crippen LogP contribution in [0.2, 0.25) is 0 Å². The second-order valence-electron chi connectivity index (χ2n) is 4.16. The maximum atomic E-state index is 12.8. The van der Waals surface area contributed by atoms with Gasteiger partial charge in [-0.3, -0.25) is 14.5 Å². The molecule has 0 spiro atoms. The Morgan fingerprint density at radius 2 is 2.32 bits per heavy atom. The second-order valence-corrected chi connectivity index (χ2v) is 4.16. The van der Waals surface area contributed by atoms with Crippen molar-refractivity contribution < 1.29 is 9.18 Å². The molecule has 0 aromatic carbocycles. The molecular weight excluding hydrogens is 249 g/mol. The zero-order valence-corrected chi connectivity index (χ0v) is 10.4. The van der Waals surface area contributed by atoms with Crippen LogP contribution in [0.5, 0.6) is 0 Å². The normalized spacial score (nSPS) is 12.1. The first-order valence-electron chi connectivity index (χ1n) is 5.73. The molecule has 0 radical (unpaired) electrons. The number of amides is 1. The molecule has 19 heavy (non-hydrogen) atoms. The Labute approximate surface area is 109 Å². The molecule has 100 valence electrons. The van der Waals surface area contributed by atoms with E-state index in [4.69, 9.17) is 5.73 Å². The number of rotatable bonds is 5. The Kier molecular flexibility index (Phi) is 3.74. The molecule has 0 aliphatic rings. The van der Waals surface area contributed by atoms with Crippen molar-refractivity contribution in [1.29, 1.82) is 0 Å². The molecule has 0 saturated heterocycles. The monoisotopic (exact) mass is 263 g/mol. The lowest BCUT2D eigenvalue weighted by atomic mass is 10.2. The number of carbonyl (C=O) groups is 1. The Bertz CT molecular complexity index is 566. The van der Waals surface area contributed by atoms with E-state index >= 15 is 0 Å². The zero-order chi connectivity index (χ0) is 13.8. The summed E-state index contributed by atoms with van der Waals surface area (Å²) in [7, 11) is 0. The van der Waals surface area contributed by atoms with Crippen molar-refractivity contribution in [2.24, 2.45) is 5.73 Å². The Balaban J connectivity index is 2.02. The van der Waals surface area contributed by atoms with Gasteiger partial charge in [0.2, 0.25) is 5.91 Å². The highest BCUT2D eigenvalue weighted by Gasteiger charge is 2.08. The third kappa shape index (κ3) is 3.51. The number of pyridine rings is 1. The minimum atomic E-state index is -0.456. The van der Waals surface area contributed by atoms with Gasteiger partial charge in [0.25, 0.3) is 0 Å². The maximum absolute atomic E-state index is 12.8. The van der Waals surface area contributed by atoms with Crippen LogP contribution in [0, 0.1) is 5.82 Å². The lowest BCUT2D eigenvalue weighted by molar-refractivity contribution is -0.118. The third-order valence-corrected chi connectivity index (χ3v) is 2.53. The number of carbonyl (C=O) groups excluding carboxylic acids is 1. The summed E-state index contributed by atoms with van der Waals surface area (Å²) in [6.07, 6.45) is 4.43. The van der Waals surface area contributed by atoms with Crippen LogP contribution in [-0.4, -0.2) is 20.7 Å². The highest BCUT2D eigenvalue weighted by Crippen LogP contribution is 2.16. The van der Waals surface area contributed by atoms with Crippen molar-refractivity contribution in [2.45, 2.75) is 19.5 Å². The number of primary amides is 1. The molecule has 0 saturated carbocycles. The first-order chi connectivity index (χ1) is 9.04. The van der Waals surface area contributed by atoms with E-state index in [1.807, 2.05) is 6.92 Å². The minimum absolute atomic E-state index is 0.0326. The quantitative estimate of drug-likeness (QED) is 0.845. The van der Waals surface area contributed by atoms with E-state index < -0.39 is 5.91 Å². The molecule has 2 aromatic heterocycles. The van der Waals surface area contributed by atoms with Crippen LogP contribution in [0.15, 0.2) is 30.7 Å². The SMILES string of the molecule is CC(Nc1cnn(CC(N)=O)c1)c1ccc(F)cn1. The molecule has 2 rings (SSSR count). The molecular formula is C12H14FN5O. The highest BCUT2D eigenvalue weighted by molar-refractivity contribution is 5.73. The number of nitrogens with one attached hydrogen (secondary N) is 1. The van der Waals surface area contributed by atoms with Crippen LogP contribution in [0.4, 0.5) is 10.1 Å².